The Morgan fingerprint density at radius 3 is 3.05 bits per heavy atom. The predicted octanol–water partition coefficient (Wildman–Crippen LogP) is 2.23. The Labute approximate surface area is 115 Å². The highest BCUT2D eigenvalue weighted by atomic mass is 16.5. The molecule has 0 aliphatic carbocycles. The Kier molecular flexibility index (Phi) is 3.50. The fourth-order valence-electron chi connectivity index (χ4n) is 3.68. The van der Waals surface area contributed by atoms with Gasteiger partial charge < -0.3 is 14.7 Å². The molecule has 2 aliphatic rings. The summed E-state index contributed by atoms with van der Waals surface area (Å²) in [7, 11) is 1.70. The monoisotopic (exact) mass is 261 g/mol. The lowest BCUT2D eigenvalue weighted by Gasteiger charge is -2.41. The van der Waals surface area contributed by atoms with Crippen LogP contribution in [0.1, 0.15) is 31.2 Å². The summed E-state index contributed by atoms with van der Waals surface area (Å²) in [5.41, 5.74) is 0.569. The third kappa shape index (κ3) is 2.63. The van der Waals surface area contributed by atoms with Crippen molar-refractivity contribution in [3.63, 3.8) is 0 Å². The lowest BCUT2D eigenvalue weighted by molar-refractivity contribution is -0.0357. The zero-order valence-corrected chi connectivity index (χ0v) is 11.6. The predicted molar refractivity (Wildman–Crippen MR) is 75.5 cm³/mol. The quantitative estimate of drug-likeness (QED) is 0.905. The van der Waals surface area contributed by atoms with E-state index in [0.29, 0.717) is 12.5 Å². The van der Waals surface area contributed by atoms with Crippen molar-refractivity contribution in [3.05, 3.63) is 29.8 Å². The van der Waals surface area contributed by atoms with E-state index in [1.54, 1.807) is 7.11 Å². The van der Waals surface area contributed by atoms with E-state index < -0.39 is 5.60 Å². The maximum atomic E-state index is 10.9. The van der Waals surface area contributed by atoms with E-state index in [0.717, 1.165) is 30.7 Å². The lowest BCUT2D eigenvalue weighted by atomic mass is 9.81. The minimum absolute atomic E-state index is 0.555. The molecule has 0 saturated carbocycles. The highest BCUT2D eigenvalue weighted by Gasteiger charge is 2.40. The van der Waals surface area contributed by atoms with E-state index in [4.69, 9.17) is 4.74 Å². The second kappa shape index (κ2) is 5.14. The molecule has 19 heavy (non-hydrogen) atoms. The number of hydrogen-bond acceptors (Lipinski definition) is 3. The number of nitrogens with zero attached hydrogens (tertiary/aromatic N) is 1. The number of fused-ring (bicyclic) bond motifs is 1. The standard InChI is InChI=1S/C16H23NO2/c1-19-15-7-3-2-5-13(15)11-16(18)8-10-17-9-4-6-14(17)12-16/h2-3,5,7,14,18H,4,6,8-12H2,1H3. The molecule has 104 valence electrons. The zero-order chi connectivity index (χ0) is 13.3. The average Bonchev–Trinajstić information content (AvgIpc) is 2.86. The molecule has 0 aromatic heterocycles. The fraction of sp³-hybridized carbons (Fsp3) is 0.625. The highest BCUT2D eigenvalue weighted by Crippen LogP contribution is 2.36. The van der Waals surface area contributed by atoms with Crippen molar-refractivity contribution in [1.29, 1.82) is 0 Å². The molecule has 0 amide bonds. The van der Waals surface area contributed by atoms with E-state index in [2.05, 4.69) is 11.0 Å². The van der Waals surface area contributed by atoms with Crippen LogP contribution in [0.2, 0.25) is 0 Å². The van der Waals surface area contributed by atoms with Crippen LogP contribution in [0.15, 0.2) is 24.3 Å². The molecule has 1 aromatic rings. The van der Waals surface area contributed by atoms with Crippen LogP contribution in [0, 0.1) is 0 Å². The Bertz CT molecular complexity index is 448. The number of ether oxygens (including phenoxy) is 1. The van der Waals surface area contributed by atoms with Gasteiger partial charge in [0.2, 0.25) is 0 Å². The van der Waals surface area contributed by atoms with Crippen LogP contribution in [-0.2, 0) is 6.42 Å². The van der Waals surface area contributed by atoms with Crippen LogP contribution in [0.25, 0.3) is 0 Å². The average molecular weight is 261 g/mol. The van der Waals surface area contributed by atoms with Gasteiger partial charge in [0, 0.05) is 19.0 Å². The van der Waals surface area contributed by atoms with Gasteiger partial charge in [-0.05, 0) is 43.9 Å². The molecule has 0 spiro atoms. The maximum absolute atomic E-state index is 10.9. The van der Waals surface area contributed by atoms with Gasteiger partial charge in [0.25, 0.3) is 0 Å². The first-order valence-electron chi connectivity index (χ1n) is 7.28. The van der Waals surface area contributed by atoms with Crippen LogP contribution < -0.4 is 4.74 Å². The van der Waals surface area contributed by atoms with E-state index >= 15 is 0 Å². The molecule has 3 rings (SSSR count). The summed E-state index contributed by atoms with van der Waals surface area (Å²) in [6.45, 7) is 2.26. The van der Waals surface area contributed by atoms with Crippen LogP contribution in [0.4, 0.5) is 0 Å². The molecule has 2 heterocycles. The number of methoxy groups -OCH3 is 1. The topological polar surface area (TPSA) is 32.7 Å². The summed E-state index contributed by atoms with van der Waals surface area (Å²) < 4.78 is 5.40. The highest BCUT2D eigenvalue weighted by molar-refractivity contribution is 5.34. The second-order valence-corrected chi connectivity index (χ2v) is 6.00. The van der Waals surface area contributed by atoms with Crippen molar-refractivity contribution >= 4 is 0 Å². The minimum Gasteiger partial charge on any atom is -0.496 e. The molecule has 2 fully saturated rings. The summed E-state index contributed by atoms with van der Waals surface area (Å²) in [4.78, 5) is 2.54. The van der Waals surface area contributed by atoms with Gasteiger partial charge in [0.05, 0.1) is 12.7 Å². The van der Waals surface area contributed by atoms with Crippen LogP contribution in [0.5, 0.6) is 5.75 Å². The van der Waals surface area contributed by atoms with Crippen molar-refractivity contribution in [3.8, 4) is 5.75 Å². The molecule has 1 aromatic carbocycles. The first-order valence-corrected chi connectivity index (χ1v) is 7.28. The van der Waals surface area contributed by atoms with Gasteiger partial charge in [0.15, 0.2) is 0 Å². The SMILES string of the molecule is COc1ccccc1CC1(O)CCN2CCCC2C1. The van der Waals surface area contributed by atoms with Crippen molar-refractivity contribution in [2.45, 2.75) is 43.7 Å². The largest absolute Gasteiger partial charge is 0.496 e. The lowest BCUT2D eigenvalue weighted by Crippen LogP contribution is -2.48. The molecule has 2 saturated heterocycles. The summed E-state index contributed by atoms with van der Waals surface area (Å²) in [6.07, 6.45) is 5.03. The molecule has 3 nitrogen and oxygen atoms in total. The van der Waals surface area contributed by atoms with Gasteiger partial charge >= 0.3 is 0 Å². The molecule has 2 unspecified atom stereocenters. The number of rotatable bonds is 3. The molecular weight excluding hydrogens is 238 g/mol. The second-order valence-electron chi connectivity index (χ2n) is 6.00. The van der Waals surface area contributed by atoms with Gasteiger partial charge in [-0.25, -0.2) is 0 Å². The van der Waals surface area contributed by atoms with Gasteiger partial charge in [-0.1, -0.05) is 18.2 Å². The number of hydrogen-bond donors (Lipinski definition) is 1. The van der Waals surface area contributed by atoms with Crippen molar-refractivity contribution in [1.82, 2.24) is 4.90 Å². The fourth-order valence-corrected chi connectivity index (χ4v) is 3.68. The first kappa shape index (κ1) is 12.9. The van der Waals surface area contributed by atoms with Crippen LogP contribution >= 0.6 is 0 Å². The number of piperidine rings is 1. The molecule has 2 atom stereocenters. The van der Waals surface area contributed by atoms with E-state index in [9.17, 15) is 5.11 Å². The Hall–Kier alpha value is -1.06. The molecule has 2 aliphatic heterocycles. The summed E-state index contributed by atoms with van der Waals surface area (Å²) in [6, 6.07) is 8.63. The zero-order valence-electron chi connectivity index (χ0n) is 11.6. The first-order chi connectivity index (χ1) is 9.20. The van der Waals surface area contributed by atoms with Crippen molar-refractivity contribution < 1.29 is 9.84 Å². The molecule has 3 heteroatoms. The molecule has 1 N–H and O–H groups in total. The Morgan fingerprint density at radius 1 is 1.37 bits per heavy atom. The van der Waals surface area contributed by atoms with Gasteiger partial charge in [-0.3, -0.25) is 0 Å². The third-order valence-corrected chi connectivity index (χ3v) is 4.69. The Balaban J connectivity index is 1.74. The van der Waals surface area contributed by atoms with Crippen LogP contribution in [-0.4, -0.2) is 41.8 Å². The van der Waals surface area contributed by atoms with Crippen molar-refractivity contribution in [2.75, 3.05) is 20.2 Å². The van der Waals surface area contributed by atoms with Crippen molar-refractivity contribution in [2.24, 2.45) is 0 Å². The van der Waals surface area contributed by atoms with Gasteiger partial charge in [0.1, 0.15) is 5.75 Å². The molecular formula is C16H23NO2. The number of para-hydroxylation sites is 1. The Morgan fingerprint density at radius 2 is 2.21 bits per heavy atom. The third-order valence-electron chi connectivity index (χ3n) is 4.69. The van der Waals surface area contributed by atoms with E-state index in [1.165, 1.54) is 19.4 Å². The summed E-state index contributed by atoms with van der Waals surface area (Å²) >= 11 is 0. The maximum Gasteiger partial charge on any atom is 0.122 e. The van der Waals surface area contributed by atoms with Gasteiger partial charge in [-0.2, -0.15) is 0 Å². The normalized spacial score (nSPS) is 31.2. The van der Waals surface area contributed by atoms with E-state index in [1.807, 2.05) is 18.2 Å². The number of benzene rings is 1. The smallest absolute Gasteiger partial charge is 0.122 e. The van der Waals surface area contributed by atoms with Gasteiger partial charge in [-0.15, -0.1) is 0 Å². The summed E-state index contributed by atoms with van der Waals surface area (Å²) in [5, 5.41) is 10.9. The molecule has 0 bridgehead atoms. The molecule has 0 radical (unpaired) electrons. The van der Waals surface area contributed by atoms with Crippen LogP contribution in [0.3, 0.4) is 0 Å². The minimum atomic E-state index is -0.555. The number of aliphatic hydroxyl groups is 1. The summed E-state index contributed by atoms with van der Waals surface area (Å²) in [5.74, 6) is 0.893. The van der Waals surface area contributed by atoms with E-state index in [-0.39, 0.29) is 0 Å².